The highest BCUT2D eigenvalue weighted by Gasteiger charge is 2.26. The van der Waals surface area contributed by atoms with Gasteiger partial charge in [0.15, 0.2) is 11.6 Å². The molecule has 0 radical (unpaired) electrons. The van der Waals surface area contributed by atoms with Crippen molar-refractivity contribution >= 4 is 28.9 Å². The summed E-state index contributed by atoms with van der Waals surface area (Å²) < 4.78 is 6.82. The first-order valence-electron chi connectivity index (χ1n) is 9.51. The van der Waals surface area contributed by atoms with E-state index in [9.17, 15) is 4.79 Å². The largest absolute Gasteiger partial charge is 0.355 e. The first-order valence-corrected chi connectivity index (χ1v) is 10.4. The molecular formula is C19H18N8O2S. The van der Waals surface area contributed by atoms with Crippen LogP contribution in [0.5, 0.6) is 0 Å². The van der Waals surface area contributed by atoms with Gasteiger partial charge >= 0.3 is 0 Å². The maximum Gasteiger partial charge on any atom is 0.231 e. The van der Waals surface area contributed by atoms with E-state index in [4.69, 9.17) is 4.52 Å². The Morgan fingerprint density at radius 1 is 1.17 bits per heavy atom. The van der Waals surface area contributed by atoms with Gasteiger partial charge in [-0.3, -0.25) is 10.1 Å². The van der Waals surface area contributed by atoms with Gasteiger partial charge in [-0.15, -0.1) is 21.5 Å². The van der Waals surface area contributed by atoms with E-state index in [1.807, 2.05) is 29.6 Å². The minimum atomic E-state index is -0.0843. The molecule has 5 rings (SSSR count). The van der Waals surface area contributed by atoms with Gasteiger partial charge in [-0.1, -0.05) is 11.2 Å². The van der Waals surface area contributed by atoms with Crippen molar-refractivity contribution in [1.29, 1.82) is 0 Å². The summed E-state index contributed by atoms with van der Waals surface area (Å²) in [7, 11) is 0. The molecule has 30 heavy (non-hydrogen) atoms. The minimum absolute atomic E-state index is 0.0452. The quantitative estimate of drug-likeness (QED) is 0.522. The van der Waals surface area contributed by atoms with Crippen molar-refractivity contribution in [2.75, 3.05) is 23.3 Å². The second kappa shape index (κ2) is 8.03. The third-order valence-corrected chi connectivity index (χ3v) is 5.90. The van der Waals surface area contributed by atoms with Crippen molar-refractivity contribution in [3.05, 3.63) is 48.4 Å². The predicted molar refractivity (Wildman–Crippen MR) is 110 cm³/mol. The number of carbonyl (C=O) groups excluding carboxylic acids is 1. The summed E-state index contributed by atoms with van der Waals surface area (Å²) in [6.07, 6.45) is 4.48. The Kier molecular flexibility index (Phi) is 4.93. The number of carbonyl (C=O) groups is 1. The topological polar surface area (TPSA) is 115 Å². The maximum atomic E-state index is 12.6. The summed E-state index contributed by atoms with van der Waals surface area (Å²) in [5.74, 6) is 1.64. The van der Waals surface area contributed by atoms with Crippen LogP contribution >= 0.6 is 11.3 Å². The fraction of sp³-hybridized carbons (Fsp3) is 0.263. The Balaban J connectivity index is 1.16. The Bertz CT molecular complexity index is 1100. The molecule has 5 heterocycles. The Morgan fingerprint density at radius 3 is 2.70 bits per heavy atom. The summed E-state index contributed by atoms with van der Waals surface area (Å²) in [4.78, 5) is 19.7. The molecule has 152 valence electrons. The van der Waals surface area contributed by atoms with Crippen molar-refractivity contribution in [2.24, 2.45) is 5.92 Å². The van der Waals surface area contributed by atoms with Crippen LogP contribution in [0.1, 0.15) is 12.8 Å². The highest BCUT2D eigenvalue weighted by Crippen LogP contribution is 2.27. The lowest BCUT2D eigenvalue weighted by atomic mass is 9.96. The smallest absolute Gasteiger partial charge is 0.231 e. The summed E-state index contributed by atoms with van der Waals surface area (Å²) >= 11 is 1.57. The number of hydrogen-bond donors (Lipinski definition) is 1. The molecule has 4 aromatic rings. The highest BCUT2D eigenvalue weighted by molar-refractivity contribution is 7.13. The Hall–Kier alpha value is -3.60. The first kappa shape index (κ1) is 18.4. The number of hydrogen-bond acceptors (Lipinski definition) is 9. The van der Waals surface area contributed by atoms with Gasteiger partial charge in [-0.05, 0) is 36.4 Å². The van der Waals surface area contributed by atoms with Crippen molar-refractivity contribution in [3.63, 3.8) is 0 Å². The zero-order valence-electron chi connectivity index (χ0n) is 15.9. The van der Waals surface area contributed by atoms with Gasteiger partial charge in [0.2, 0.25) is 11.8 Å². The molecule has 0 saturated carbocycles. The number of amides is 1. The number of nitrogens with one attached hydrogen (secondary N) is 1. The molecule has 1 fully saturated rings. The molecular weight excluding hydrogens is 404 g/mol. The van der Waals surface area contributed by atoms with E-state index in [1.54, 1.807) is 28.4 Å². The van der Waals surface area contributed by atoms with Crippen LogP contribution in [-0.4, -0.2) is 49.1 Å². The standard InChI is InChI=1S/C19H18N8O2S/c28-19(22-18-10-14(25-29-18)15-2-1-9-30-15)13-5-7-26(8-6-13)16-3-4-17(24-23-16)27-12-20-11-21-27/h1-4,9-13H,5-8H2,(H,22,28). The van der Waals surface area contributed by atoms with E-state index >= 15 is 0 Å². The van der Waals surface area contributed by atoms with Crippen LogP contribution in [0.4, 0.5) is 11.7 Å². The van der Waals surface area contributed by atoms with E-state index in [0.29, 0.717) is 11.7 Å². The van der Waals surface area contributed by atoms with Gasteiger partial charge in [0.25, 0.3) is 0 Å². The van der Waals surface area contributed by atoms with Gasteiger partial charge in [-0.25, -0.2) is 9.67 Å². The van der Waals surface area contributed by atoms with E-state index in [0.717, 1.165) is 42.3 Å². The lowest BCUT2D eigenvalue weighted by Crippen LogP contribution is -2.38. The number of aromatic nitrogens is 6. The number of piperidine rings is 1. The van der Waals surface area contributed by atoms with Gasteiger partial charge in [0.05, 0.1) is 4.88 Å². The zero-order chi connectivity index (χ0) is 20.3. The van der Waals surface area contributed by atoms with Gasteiger partial charge in [-0.2, -0.15) is 5.10 Å². The van der Waals surface area contributed by atoms with Crippen LogP contribution in [0.3, 0.4) is 0 Å². The minimum Gasteiger partial charge on any atom is -0.355 e. The zero-order valence-corrected chi connectivity index (χ0v) is 16.7. The average molecular weight is 422 g/mol. The Morgan fingerprint density at radius 2 is 2.00 bits per heavy atom. The fourth-order valence-electron chi connectivity index (χ4n) is 3.40. The molecule has 0 aliphatic carbocycles. The molecule has 0 bridgehead atoms. The van der Waals surface area contributed by atoms with Crippen LogP contribution in [-0.2, 0) is 4.79 Å². The van der Waals surface area contributed by atoms with E-state index in [-0.39, 0.29) is 11.8 Å². The van der Waals surface area contributed by atoms with Crippen LogP contribution in [0.15, 0.2) is 52.9 Å². The molecule has 0 spiro atoms. The normalized spacial score (nSPS) is 14.7. The monoisotopic (exact) mass is 422 g/mol. The van der Waals surface area contributed by atoms with Gasteiger partial charge in [0, 0.05) is 25.1 Å². The molecule has 1 aliphatic heterocycles. The third kappa shape index (κ3) is 3.79. The Labute approximate surface area is 175 Å². The second-order valence-electron chi connectivity index (χ2n) is 6.89. The summed E-state index contributed by atoms with van der Waals surface area (Å²) in [6.45, 7) is 1.46. The number of anilines is 2. The molecule has 4 aromatic heterocycles. The van der Waals surface area contributed by atoms with Crippen molar-refractivity contribution in [3.8, 4) is 16.4 Å². The second-order valence-corrected chi connectivity index (χ2v) is 7.84. The van der Waals surface area contributed by atoms with E-state index in [2.05, 4.69) is 35.7 Å². The molecule has 0 atom stereocenters. The molecule has 0 aromatic carbocycles. The van der Waals surface area contributed by atoms with Crippen molar-refractivity contribution < 1.29 is 9.32 Å². The van der Waals surface area contributed by atoms with Crippen molar-refractivity contribution in [2.45, 2.75) is 12.8 Å². The van der Waals surface area contributed by atoms with Gasteiger partial charge < -0.3 is 9.42 Å². The van der Waals surface area contributed by atoms with Crippen LogP contribution in [0.25, 0.3) is 16.4 Å². The predicted octanol–water partition coefficient (Wildman–Crippen LogP) is 2.63. The summed E-state index contributed by atoms with van der Waals surface area (Å²) in [5.41, 5.74) is 0.725. The van der Waals surface area contributed by atoms with E-state index < -0.39 is 0 Å². The summed E-state index contributed by atoms with van der Waals surface area (Å²) in [6, 6.07) is 9.43. The molecule has 11 heteroatoms. The average Bonchev–Trinajstić information content (AvgIpc) is 3.56. The number of thiophene rings is 1. The number of nitrogens with zero attached hydrogens (tertiary/aromatic N) is 7. The lowest BCUT2D eigenvalue weighted by Gasteiger charge is -2.31. The van der Waals surface area contributed by atoms with Crippen molar-refractivity contribution in [1.82, 2.24) is 30.1 Å². The van der Waals surface area contributed by atoms with Crippen LogP contribution in [0.2, 0.25) is 0 Å². The third-order valence-electron chi connectivity index (χ3n) is 5.01. The van der Waals surface area contributed by atoms with Gasteiger partial charge in [0.1, 0.15) is 18.3 Å². The highest BCUT2D eigenvalue weighted by atomic mass is 32.1. The van der Waals surface area contributed by atoms with Crippen LogP contribution in [0, 0.1) is 5.92 Å². The van der Waals surface area contributed by atoms with E-state index in [1.165, 1.54) is 6.33 Å². The first-order chi connectivity index (χ1) is 14.8. The lowest BCUT2D eigenvalue weighted by molar-refractivity contribution is -0.120. The SMILES string of the molecule is O=C(Nc1cc(-c2cccs2)no1)C1CCN(c2ccc(-n3cncn3)nn2)CC1. The fourth-order valence-corrected chi connectivity index (χ4v) is 4.08. The maximum absolute atomic E-state index is 12.6. The molecule has 10 nitrogen and oxygen atoms in total. The molecule has 1 saturated heterocycles. The molecule has 1 amide bonds. The molecule has 0 unspecified atom stereocenters. The summed E-state index contributed by atoms with van der Waals surface area (Å²) in [5, 5.41) is 21.4. The van der Waals surface area contributed by atoms with Crippen LogP contribution < -0.4 is 10.2 Å². The molecule has 1 N–H and O–H groups in total. The number of rotatable bonds is 5. The molecule has 1 aliphatic rings.